The van der Waals surface area contributed by atoms with Gasteiger partial charge in [0.2, 0.25) is 0 Å². The lowest BCUT2D eigenvalue weighted by molar-refractivity contribution is 0.669. The van der Waals surface area contributed by atoms with Gasteiger partial charge in [0, 0.05) is 54.8 Å². The van der Waals surface area contributed by atoms with E-state index in [9.17, 15) is 0 Å². The second-order valence-corrected chi connectivity index (χ2v) is 18.5. The largest absolute Gasteiger partial charge is 0.456 e. The summed E-state index contributed by atoms with van der Waals surface area (Å²) in [5.41, 5.74) is 13.4. The van der Waals surface area contributed by atoms with Gasteiger partial charge < -0.3 is 18.9 Å². The van der Waals surface area contributed by atoms with Gasteiger partial charge in [-0.3, -0.25) is 0 Å². The second kappa shape index (κ2) is 15.5. The number of nitrogens with one attached hydrogen (secondary N) is 1. The number of furan rings is 1. The summed E-state index contributed by atoms with van der Waals surface area (Å²) < 4.78 is 11.5. The third-order valence-electron chi connectivity index (χ3n) is 14.5. The predicted molar refractivity (Wildman–Crippen MR) is 295 cm³/mol. The summed E-state index contributed by atoms with van der Waals surface area (Å²) in [5.74, 6) is 1.40. The molecule has 4 heterocycles. The predicted octanol–water partition coefficient (Wildman–Crippen LogP) is 16.2. The molecule has 3 aromatic heterocycles. The molecule has 14 aromatic rings. The molecule has 1 aliphatic rings. The van der Waals surface area contributed by atoms with Crippen molar-refractivity contribution in [2.24, 2.45) is 9.98 Å². The number of rotatable bonds is 6. The maximum atomic E-state index is 6.75. The molecule has 15 rings (SSSR count). The van der Waals surface area contributed by atoms with Crippen LogP contribution in [0.3, 0.4) is 0 Å². The maximum absolute atomic E-state index is 6.75. The SMILES string of the molecule is c1ccc(C2N=C(c3ccc(-n4c5ccccc5c5cc6ccccc6cc54)cc3-c3cccc4oc5ccc6ccccc6c5c34)N=C(c3cccc4c3c3ccccc3n4-c3ccccc3)N2)cc1. The number of amidine groups is 2. The Morgan fingerprint density at radius 1 is 0.366 bits per heavy atom. The fraction of sp³-hybridized carbons (Fsp3) is 0.0154. The quantitative estimate of drug-likeness (QED) is 0.181. The molecule has 6 heteroatoms. The highest BCUT2D eigenvalue weighted by atomic mass is 16.3. The third kappa shape index (κ3) is 6.08. The summed E-state index contributed by atoms with van der Waals surface area (Å²) in [7, 11) is 0. The standard InChI is InChI=1S/C65H41N5O/c1-3-18-41(19-4-1)63-66-64(68-65(67-63)51-28-15-31-56-60(51)50-26-12-14-30-55(50)69(56)44-22-5-2-6-23-44)49-35-34-45(70-54-29-13-11-25-47(54)53-37-42-20-7-8-21-43(42)38-57(53)70)39-52(49)48-27-16-32-58-62(48)61-46-24-10-9-17-40(46)33-36-59(61)71-58/h1-39,63H,(H,66,67,68). The van der Waals surface area contributed by atoms with Crippen LogP contribution in [0.1, 0.15) is 22.9 Å². The van der Waals surface area contributed by atoms with Crippen LogP contribution in [0.25, 0.3) is 110 Å². The van der Waals surface area contributed by atoms with E-state index in [4.69, 9.17) is 14.4 Å². The zero-order chi connectivity index (χ0) is 46.6. The van der Waals surface area contributed by atoms with Gasteiger partial charge in [-0.05, 0) is 111 Å². The molecule has 0 fully saturated rings. The van der Waals surface area contributed by atoms with Gasteiger partial charge in [-0.1, -0.05) is 164 Å². The minimum Gasteiger partial charge on any atom is -0.456 e. The van der Waals surface area contributed by atoms with Gasteiger partial charge >= 0.3 is 0 Å². The maximum Gasteiger partial charge on any atom is 0.160 e. The number of fused-ring (bicyclic) bond motifs is 12. The Balaban J connectivity index is 1.03. The Bertz CT molecular complexity index is 4560. The first-order valence-electron chi connectivity index (χ1n) is 24.2. The molecule has 1 aliphatic heterocycles. The first-order chi connectivity index (χ1) is 35.2. The van der Waals surface area contributed by atoms with E-state index < -0.39 is 6.17 Å². The Kier molecular flexibility index (Phi) is 8.62. The Morgan fingerprint density at radius 2 is 1.00 bits per heavy atom. The molecule has 332 valence electrons. The summed E-state index contributed by atoms with van der Waals surface area (Å²) in [6.45, 7) is 0. The van der Waals surface area contributed by atoms with E-state index in [1.54, 1.807) is 0 Å². The van der Waals surface area contributed by atoms with E-state index in [0.717, 1.165) is 111 Å². The van der Waals surface area contributed by atoms with E-state index in [1.165, 1.54) is 21.5 Å². The van der Waals surface area contributed by atoms with Crippen LogP contribution in [-0.4, -0.2) is 20.8 Å². The molecule has 11 aromatic carbocycles. The van der Waals surface area contributed by atoms with Crippen molar-refractivity contribution >= 4 is 98.8 Å². The minimum atomic E-state index is -0.427. The summed E-state index contributed by atoms with van der Waals surface area (Å²) in [6, 6.07) is 84.5. The summed E-state index contributed by atoms with van der Waals surface area (Å²) >= 11 is 0. The highest BCUT2D eigenvalue weighted by Gasteiger charge is 2.27. The first-order valence-corrected chi connectivity index (χ1v) is 24.2. The number of aliphatic imine (C=N–C) groups is 2. The Morgan fingerprint density at radius 3 is 1.83 bits per heavy atom. The third-order valence-corrected chi connectivity index (χ3v) is 14.5. The molecule has 0 spiro atoms. The van der Waals surface area contributed by atoms with Crippen molar-refractivity contribution in [3.63, 3.8) is 0 Å². The minimum absolute atomic E-state index is 0.427. The molecule has 71 heavy (non-hydrogen) atoms. The Labute approximate surface area is 407 Å². The number of hydrogen-bond acceptors (Lipinski definition) is 4. The van der Waals surface area contributed by atoms with Crippen LogP contribution in [0.4, 0.5) is 0 Å². The first kappa shape index (κ1) is 39.5. The van der Waals surface area contributed by atoms with Crippen molar-refractivity contribution in [2.75, 3.05) is 0 Å². The average Bonchev–Trinajstić information content (AvgIpc) is 4.10. The molecular formula is C65H41N5O. The fourth-order valence-electron chi connectivity index (χ4n) is 11.4. The number of para-hydroxylation sites is 3. The summed E-state index contributed by atoms with van der Waals surface area (Å²) in [4.78, 5) is 11.2. The van der Waals surface area contributed by atoms with Crippen molar-refractivity contribution in [1.82, 2.24) is 14.5 Å². The van der Waals surface area contributed by atoms with E-state index in [2.05, 4.69) is 251 Å². The molecule has 0 saturated heterocycles. The number of benzene rings is 11. The van der Waals surface area contributed by atoms with Gasteiger partial charge in [-0.2, -0.15) is 0 Å². The summed E-state index contributed by atoms with van der Waals surface area (Å²) in [6.07, 6.45) is -0.427. The molecular weight excluding hydrogens is 867 g/mol. The highest BCUT2D eigenvalue weighted by Crippen LogP contribution is 2.44. The molecule has 1 atom stereocenters. The number of aromatic nitrogens is 2. The molecule has 0 saturated carbocycles. The number of nitrogens with zero attached hydrogens (tertiary/aromatic N) is 4. The molecule has 6 nitrogen and oxygen atoms in total. The van der Waals surface area contributed by atoms with Gasteiger partial charge in [0.05, 0.1) is 22.1 Å². The lowest BCUT2D eigenvalue weighted by atomic mass is 9.92. The van der Waals surface area contributed by atoms with Crippen molar-refractivity contribution in [3.8, 4) is 22.5 Å². The van der Waals surface area contributed by atoms with Crippen LogP contribution in [0, 0.1) is 0 Å². The van der Waals surface area contributed by atoms with E-state index >= 15 is 0 Å². The average molecular weight is 908 g/mol. The highest BCUT2D eigenvalue weighted by molar-refractivity contribution is 6.26. The topological polar surface area (TPSA) is 59.8 Å². The molecule has 0 bridgehead atoms. The smallest absolute Gasteiger partial charge is 0.160 e. The van der Waals surface area contributed by atoms with Crippen molar-refractivity contribution in [1.29, 1.82) is 0 Å². The molecule has 0 amide bonds. The van der Waals surface area contributed by atoms with Gasteiger partial charge in [0.15, 0.2) is 5.84 Å². The van der Waals surface area contributed by atoms with Gasteiger partial charge in [0.25, 0.3) is 0 Å². The normalized spacial score (nSPS) is 14.1. The molecule has 1 N–H and O–H groups in total. The number of hydrogen-bond donors (Lipinski definition) is 1. The molecule has 1 unspecified atom stereocenters. The van der Waals surface area contributed by atoms with Gasteiger partial charge in [-0.15, -0.1) is 0 Å². The van der Waals surface area contributed by atoms with Crippen molar-refractivity contribution < 1.29 is 4.42 Å². The van der Waals surface area contributed by atoms with E-state index in [0.29, 0.717) is 5.84 Å². The molecule has 0 aliphatic carbocycles. The van der Waals surface area contributed by atoms with E-state index in [1.807, 2.05) is 0 Å². The fourth-order valence-corrected chi connectivity index (χ4v) is 11.4. The van der Waals surface area contributed by atoms with Gasteiger partial charge in [0.1, 0.15) is 23.2 Å². The monoisotopic (exact) mass is 907 g/mol. The second-order valence-electron chi connectivity index (χ2n) is 18.5. The van der Waals surface area contributed by atoms with Crippen LogP contribution in [0.5, 0.6) is 0 Å². The molecule has 0 radical (unpaired) electrons. The lowest BCUT2D eigenvalue weighted by Crippen LogP contribution is -2.33. The van der Waals surface area contributed by atoms with Crippen molar-refractivity contribution in [2.45, 2.75) is 6.17 Å². The van der Waals surface area contributed by atoms with Crippen LogP contribution in [0.15, 0.2) is 251 Å². The Hall–Kier alpha value is -9.52. The van der Waals surface area contributed by atoms with Gasteiger partial charge in [-0.25, -0.2) is 9.98 Å². The van der Waals surface area contributed by atoms with E-state index in [-0.39, 0.29) is 0 Å². The van der Waals surface area contributed by atoms with Crippen LogP contribution < -0.4 is 5.32 Å². The van der Waals surface area contributed by atoms with Crippen LogP contribution in [-0.2, 0) is 0 Å². The lowest BCUT2D eigenvalue weighted by Gasteiger charge is -2.25. The zero-order valence-electron chi connectivity index (χ0n) is 38.3. The van der Waals surface area contributed by atoms with Crippen LogP contribution in [0.2, 0.25) is 0 Å². The zero-order valence-corrected chi connectivity index (χ0v) is 38.3. The van der Waals surface area contributed by atoms with Crippen LogP contribution >= 0.6 is 0 Å². The van der Waals surface area contributed by atoms with Crippen molar-refractivity contribution in [3.05, 3.63) is 253 Å². The summed E-state index contributed by atoms with van der Waals surface area (Å²) in [5, 5.41) is 15.4.